The fourth-order valence-electron chi connectivity index (χ4n) is 3.09. The Hall–Kier alpha value is -2.87. The lowest BCUT2D eigenvalue weighted by Crippen LogP contribution is -2.30. The largest absolute Gasteiger partial charge is 0.341 e. The average molecular weight is 329 g/mol. The van der Waals surface area contributed by atoms with E-state index in [0.717, 1.165) is 33.4 Å². The number of nitrogens with one attached hydrogen (secondary N) is 1. The first kappa shape index (κ1) is 17.0. The van der Waals surface area contributed by atoms with Crippen LogP contribution in [-0.2, 0) is 0 Å². The topological polar surface area (TPSA) is 29.1 Å². The maximum absolute atomic E-state index is 13.0. The van der Waals surface area contributed by atoms with Gasteiger partial charge >= 0.3 is 0 Å². The highest BCUT2D eigenvalue weighted by atomic mass is 16.1. The van der Waals surface area contributed by atoms with Gasteiger partial charge in [0, 0.05) is 5.56 Å². The predicted octanol–water partition coefficient (Wildman–Crippen LogP) is 5.13. The maximum Gasteiger partial charge on any atom is 0.252 e. The highest BCUT2D eigenvalue weighted by Crippen LogP contribution is 2.25. The minimum Gasteiger partial charge on any atom is -0.341 e. The fourth-order valence-corrected chi connectivity index (χ4v) is 3.09. The van der Waals surface area contributed by atoms with Crippen LogP contribution in [0.3, 0.4) is 0 Å². The van der Waals surface area contributed by atoms with Crippen LogP contribution in [0.1, 0.15) is 44.2 Å². The van der Waals surface area contributed by atoms with Gasteiger partial charge in [-0.1, -0.05) is 72.3 Å². The summed E-state index contributed by atoms with van der Waals surface area (Å²) in [4.78, 5) is 13.0. The Morgan fingerprint density at radius 2 is 1.48 bits per heavy atom. The summed E-state index contributed by atoms with van der Waals surface area (Å²) in [5.41, 5.74) is 6.16. The van der Waals surface area contributed by atoms with E-state index in [1.807, 2.05) is 62.4 Å². The van der Waals surface area contributed by atoms with Crippen molar-refractivity contribution in [3.63, 3.8) is 0 Å². The van der Waals surface area contributed by atoms with E-state index in [2.05, 4.69) is 36.5 Å². The molecular formula is C23H23NO. The maximum atomic E-state index is 13.0. The van der Waals surface area contributed by atoms with Crippen molar-refractivity contribution in [2.24, 2.45) is 0 Å². The molecule has 0 heterocycles. The summed E-state index contributed by atoms with van der Waals surface area (Å²) < 4.78 is 0. The summed E-state index contributed by atoms with van der Waals surface area (Å²) in [6.07, 6.45) is 0. The third-order valence-electron chi connectivity index (χ3n) is 4.55. The van der Waals surface area contributed by atoms with E-state index in [-0.39, 0.29) is 11.9 Å². The minimum absolute atomic E-state index is 0.0432. The standard InChI is InChI=1S/C23H23NO/c1-16-13-14-18(3)21(15-16)23(25)24-22(19-10-5-4-6-11-19)20-12-8-7-9-17(20)2/h4-15,22H,1-3H3,(H,24,25)/t22-/m0/s1. The van der Waals surface area contributed by atoms with E-state index in [9.17, 15) is 4.79 Å². The van der Waals surface area contributed by atoms with Crippen LogP contribution in [0.4, 0.5) is 0 Å². The summed E-state index contributed by atoms with van der Waals surface area (Å²) in [6.45, 7) is 6.06. The first-order valence-corrected chi connectivity index (χ1v) is 8.55. The molecule has 3 rings (SSSR count). The third-order valence-corrected chi connectivity index (χ3v) is 4.55. The molecule has 0 radical (unpaired) electrons. The van der Waals surface area contributed by atoms with Crippen LogP contribution in [0.2, 0.25) is 0 Å². The Balaban J connectivity index is 2.00. The van der Waals surface area contributed by atoms with Gasteiger partial charge in [0.15, 0.2) is 0 Å². The molecule has 0 aromatic heterocycles. The van der Waals surface area contributed by atoms with Gasteiger partial charge < -0.3 is 5.32 Å². The van der Waals surface area contributed by atoms with Gasteiger partial charge in [-0.3, -0.25) is 4.79 Å². The molecule has 0 aliphatic rings. The number of carbonyl (C=O) groups excluding carboxylic acids is 1. The lowest BCUT2D eigenvalue weighted by Gasteiger charge is -2.22. The predicted molar refractivity (Wildman–Crippen MR) is 103 cm³/mol. The van der Waals surface area contributed by atoms with E-state index in [1.54, 1.807) is 0 Å². The molecule has 0 aliphatic heterocycles. The Labute approximate surface area is 149 Å². The van der Waals surface area contributed by atoms with Gasteiger partial charge in [0.2, 0.25) is 0 Å². The van der Waals surface area contributed by atoms with Gasteiger partial charge in [-0.05, 0) is 49.1 Å². The molecule has 0 saturated carbocycles. The van der Waals surface area contributed by atoms with Crippen molar-refractivity contribution in [3.05, 3.63) is 106 Å². The molecule has 3 aromatic carbocycles. The van der Waals surface area contributed by atoms with Crippen molar-refractivity contribution in [1.82, 2.24) is 5.32 Å². The zero-order valence-electron chi connectivity index (χ0n) is 14.9. The van der Waals surface area contributed by atoms with E-state index in [0.29, 0.717) is 0 Å². The average Bonchev–Trinajstić information content (AvgIpc) is 2.63. The van der Waals surface area contributed by atoms with Crippen LogP contribution < -0.4 is 5.32 Å². The van der Waals surface area contributed by atoms with Gasteiger partial charge in [0.1, 0.15) is 0 Å². The van der Waals surface area contributed by atoms with E-state index >= 15 is 0 Å². The normalized spacial score (nSPS) is 11.8. The molecule has 1 amide bonds. The van der Waals surface area contributed by atoms with E-state index in [4.69, 9.17) is 0 Å². The summed E-state index contributed by atoms with van der Waals surface area (Å²) in [5.74, 6) is -0.0432. The molecule has 25 heavy (non-hydrogen) atoms. The fraction of sp³-hybridized carbons (Fsp3) is 0.174. The molecule has 0 aliphatic carbocycles. The van der Waals surface area contributed by atoms with Crippen molar-refractivity contribution in [2.75, 3.05) is 0 Å². The van der Waals surface area contributed by atoms with Gasteiger partial charge in [0.05, 0.1) is 6.04 Å². The molecule has 2 nitrogen and oxygen atoms in total. The van der Waals surface area contributed by atoms with Gasteiger partial charge in [-0.2, -0.15) is 0 Å². The SMILES string of the molecule is Cc1ccc(C)c(C(=O)N[C@@H](c2ccccc2)c2ccccc2C)c1. The molecule has 0 saturated heterocycles. The van der Waals surface area contributed by atoms with Crippen molar-refractivity contribution >= 4 is 5.91 Å². The first-order valence-electron chi connectivity index (χ1n) is 8.55. The van der Waals surface area contributed by atoms with Gasteiger partial charge in [-0.25, -0.2) is 0 Å². The zero-order valence-corrected chi connectivity index (χ0v) is 14.9. The number of hydrogen-bond acceptors (Lipinski definition) is 1. The molecule has 0 bridgehead atoms. The smallest absolute Gasteiger partial charge is 0.252 e. The minimum atomic E-state index is -0.171. The molecular weight excluding hydrogens is 306 g/mol. The van der Waals surface area contributed by atoms with Gasteiger partial charge in [-0.15, -0.1) is 0 Å². The van der Waals surface area contributed by atoms with Crippen LogP contribution in [0, 0.1) is 20.8 Å². The Morgan fingerprint density at radius 3 is 2.20 bits per heavy atom. The molecule has 3 aromatic rings. The van der Waals surface area contributed by atoms with E-state index in [1.165, 1.54) is 0 Å². The molecule has 126 valence electrons. The van der Waals surface area contributed by atoms with Crippen molar-refractivity contribution in [3.8, 4) is 0 Å². The third kappa shape index (κ3) is 3.80. The molecule has 1 N–H and O–H groups in total. The van der Waals surface area contributed by atoms with Crippen molar-refractivity contribution in [1.29, 1.82) is 0 Å². The van der Waals surface area contributed by atoms with Gasteiger partial charge in [0.25, 0.3) is 5.91 Å². The zero-order chi connectivity index (χ0) is 17.8. The lowest BCUT2D eigenvalue weighted by molar-refractivity contribution is 0.0942. The number of benzene rings is 3. The second-order valence-electron chi connectivity index (χ2n) is 6.49. The van der Waals surface area contributed by atoms with Crippen molar-refractivity contribution in [2.45, 2.75) is 26.8 Å². The number of aryl methyl sites for hydroxylation is 3. The second kappa shape index (κ2) is 7.35. The number of amides is 1. The number of hydrogen-bond donors (Lipinski definition) is 1. The molecule has 2 heteroatoms. The van der Waals surface area contributed by atoms with Crippen LogP contribution in [0.15, 0.2) is 72.8 Å². The Kier molecular flexibility index (Phi) is 4.99. The highest BCUT2D eigenvalue weighted by molar-refractivity contribution is 5.96. The Morgan fingerprint density at radius 1 is 0.800 bits per heavy atom. The van der Waals surface area contributed by atoms with Crippen LogP contribution in [-0.4, -0.2) is 5.91 Å². The first-order chi connectivity index (χ1) is 12.1. The van der Waals surface area contributed by atoms with Crippen LogP contribution >= 0.6 is 0 Å². The highest BCUT2D eigenvalue weighted by Gasteiger charge is 2.20. The summed E-state index contributed by atoms with van der Waals surface area (Å²) in [5, 5.41) is 3.24. The molecule has 0 unspecified atom stereocenters. The summed E-state index contributed by atoms with van der Waals surface area (Å²) in [6, 6.07) is 24.1. The number of rotatable bonds is 4. The summed E-state index contributed by atoms with van der Waals surface area (Å²) in [7, 11) is 0. The van der Waals surface area contributed by atoms with E-state index < -0.39 is 0 Å². The quantitative estimate of drug-likeness (QED) is 0.706. The number of carbonyl (C=O) groups is 1. The molecule has 1 atom stereocenters. The van der Waals surface area contributed by atoms with Crippen molar-refractivity contribution < 1.29 is 4.79 Å². The second-order valence-corrected chi connectivity index (χ2v) is 6.49. The monoisotopic (exact) mass is 329 g/mol. The molecule has 0 spiro atoms. The summed E-state index contributed by atoms with van der Waals surface area (Å²) >= 11 is 0. The van der Waals surface area contributed by atoms with Crippen LogP contribution in [0.25, 0.3) is 0 Å². The lowest BCUT2D eigenvalue weighted by atomic mass is 9.94. The molecule has 0 fully saturated rings. The van der Waals surface area contributed by atoms with Crippen LogP contribution in [0.5, 0.6) is 0 Å². The Bertz CT molecular complexity index is 884.